The Morgan fingerprint density at radius 3 is 1.90 bits per heavy atom. The van der Waals surface area contributed by atoms with Crippen molar-refractivity contribution in [2.75, 3.05) is 26.1 Å². The molecule has 48 heavy (non-hydrogen) atoms. The minimum Gasteiger partial charge on any atom is -0.456 e. The first-order valence-electron chi connectivity index (χ1n) is 16.2. The highest BCUT2D eigenvalue weighted by atomic mass is 32.2. The second-order valence-corrected chi connectivity index (χ2v) is 16.9. The maximum Gasteiger partial charge on any atom is 0.309 e. The quantitative estimate of drug-likeness (QED) is 0.0516. The predicted molar refractivity (Wildman–Crippen MR) is 194 cm³/mol. The zero-order valence-corrected chi connectivity index (χ0v) is 28.4. The summed E-state index contributed by atoms with van der Waals surface area (Å²) in [7, 11) is -5.69. The normalized spacial score (nSPS) is 12.0. The molecule has 6 aromatic rings. The number of rotatable bonds is 16. The van der Waals surface area contributed by atoms with Gasteiger partial charge in [0.2, 0.25) is 10.0 Å². The van der Waals surface area contributed by atoms with E-state index in [0.29, 0.717) is 17.8 Å². The highest BCUT2D eigenvalue weighted by molar-refractivity contribution is 7.95. The van der Waals surface area contributed by atoms with E-state index in [0.717, 1.165) is 36.2 Å². The molecule has 1 N–H and O–H groups in total. The van der Waals surface area contributed by atoms with Crippen molar-refractivity contribution in [2.24, 2.45) is 0 Å². The summed E-state index contributed by atoms with van der Waals surface area (Å²) in [5.41, 5.74) is 1.18. The van der Waals surface area contributed by atoms with Gasteiger partial charge < -0.3 is 13.9 Å². The van der Waals surface area contributed by atoms with Crippen LogP contribution in [0.2, 0.25) is 0 Å². The van der Waals surface area contributed by atoms with Gasteiger partial charge in [0.25, 0.3) is 0 Å². The monoisotopic (exact) mass is 680 g/mol. The van der Waals surface area contributed by atoms with Crippen LogP contribution in [0.25, 0.3) is 21.9 Å². The average Bonchev–Trinajstić information content (AvgIpc) is 3.50. The number of benzene rings is 5. The minimum absolute atomic E-state index is 0.0708. The maximum atomic E-state index is 12.8. The van der Waals surface area contributed by atoms with Crippen LogP contribution in [0.3, 0.4) is 0 Å². The van der Waals surface area contributed by atoms with E-state index >= 15 is 0 Å². The first-order chi connectivity index (χ1) is 23.5. The summed E-state index contributed by atoms with van der Waals surface area (Å²) in [6, 6.07) is 44.9. The number of fused-ring (bicyclic) bond motifs is 3. The second-order valence-electron chi connectivity index (χ2n) is 11.5. The minimum atomic E-state index is -3.83. The van der Waals surface area contributed by atoms with Crippen LogP contribution in [-0.4, -0.2) is 40.5 Å². The molecule has 0 amide bonds. The fourth-order valence-corrected chi connectivity index (χ4v) is 11.6. The molecular weight excluding hydrogens is 641 g/mol. The number of esters is 1. The van der Waals surface area contributed by atoms with E-state index in [1.165, 1.54) is 28.0 Å². The molecule has 0 spiro atoms. The Balaban J connectivity index is 0.939. The van der Waals surface area contributed by atoms with E-state index < -0.39 is 23.3 Å². The molecular formula is C39H39NO6PS+. The molecule has 0 bridgehead atoms. The molecule has 0 aliphatic heterocycles. The van der Waals surface area contributed by atoms with Crippen LogP contribution in [0.4, 0.5) is 0 Å². The van der Waals surface area contributed by atoms with Gasteiger partial charge in [-0.05, 0) is 73.9 Å². The van der Waals surface area contributed by atoms with Crippen LogP contribution in [-0.2, 0) is 24.3 Å². The van der Waals surface area contributed by atoms with Gasteiger partial charge in [-0.1, -0.05) is 72.8 Å². The molecule has 0 aliphatic carbocycles. The van der Waals surface area contributed by atoms with E-state index in [2.05, 4.69) is 95.7 Å². The Morgan fingerprint density at radius 2 is 1.25 bits per heavy atom. The first-order valence-corrected chi connectivity index (χ1v) is 19.6. The lowest BCUT2D eigenvalue weighted by Crippen LogP contribution is -2.33. The van der Waals surface area contributed by atoms with Gasteiger partial charge in [0.05, 0.1) is 24.1 Å². The summed E-state index contributed by atoms with van der Waals surface area (Å²) in [6.45, 7) is 0.218. The number of ether oxygens (including phenoxy) is 2. The Bertz CT molecular complexity index is 1950. The van der Waals surface area contributed by atoms with Crippen molar-refractivity contribution in [3.63, 3.8) is 0 Å². The van der Waals surface area contributed by atoms with Gasteiger partial charge in [0, 0.05) is 23.4 Å². The van der Waals surface area contributed by atoms with Gasteiger partial charge in [-0.25, -0.2) is 13.1 Å². The maximum absolute atomic E-state index is 12.8. The Hall–Kier alpha value is -4.33. The number of carbonyl (C=O) groups excluding carboxylic acids is 1. The summed E-state index contributed by atoms with van der Waals surface area (Å²) in [5, 5.41) is 5.89. The van der Waals surface area contributed by atoms with Gasteiger partial charge in [0.1, 0.15) is 34.3 Å². The van der Waals surface area contributed by atoms with Crippen molar-refractivity contribution < 1.29 is 27.1 Å². The highest BCUT2D eigenvalue weighted by Crippen LogP contribution is 2.56. The van der Waals surface area contributed by atoms with Crippen molar-refractivity contribution in [2.45, 2.75) is 30.6 Å². The zero-order chi connectivity index (χ0) is 33.2. The van der Waals surface area contributed by atoms with Gasteiger partial charge in [0.15, 0.2) is 6.79 Å². The number of para-hydroxylation sites is 1. The summed E-state index contributed by atoms with van der Waals surface area (Å²) < 4.78 is 44.7. The summed E-state index contributed by atoms with van der Waals surface area (Å²) in [5.74, 6) is -0.534. The number of unbranched alkanes of at least 4 members (excludes halogenated alkanes) is 2. The van der Waals surface area contributed by atoms with Gasteiger partial charge >= 0.3 is 5.97 Å². The number of nitrogens with one attached hydrogen (secondary N) is 1. The molecule has 1 heterocycles. The van der Waals surface area contributed by atoms with Crippen LogP contribution in [0.1, 0.15) is 25.7 Å². The SMILES string of the molecule is O=C(CCNS(=O)(=O)c1ccc2c(c1)oc1ccccc12)OCOCCCCC[P+](c1ccccc1)(c1ccccc1)c1ccccc1. The number of hydrogen-bond donors (Lipinski definition) is 1. The molecule has 246 valence electrons. The lowest BCUT2D eigenvalue weighted by molar-refractivity contribution is -0.156. The van der Waals surface area contributed by atoms with Crippen LogP contribution >= 0.6 is 7.26 Å². The molecule has 6 rings (SSSR count). The van der Waals surface area contributed by atoms with Gasteiger partial charge in [-0.15, -0.1) is 0 Å². The fourth-order valence-electron chi connectivity index (χ4n) is 6.09. The van der Waals surface area contributed by atoms with Crippen LogP contribution < -0.4 is 20.6 Å². The number of sulfonamides is 1. The smallest absolute Gasteiger partial charge is 0.309 e. The average molecular weight is 681 g/mol. The molecule has 9 heteroatoms. The second kappa shape index (κ2) is 15.7. The van der Waals surface area contributed by atoms with E-state index in [4.69, 9.17) is 13.9 Å². The third-order valence-electron chi connectivity index (χ3n) is 8.46. The Kier molecular flexibility index (Phi) is 11.0. The molecule has 1 aromatic heterocycles. The van der Waals surface area contributed by atoms with Crippen molar-refractivity contribution in [3.8, 4) is 0 Å². The third kappa shape index (κ3) is 7.69. The summed E-state index contributed by atoms with van der Waals surface area (Å²) >= 11 is 0. The number of carbonyl (C=O) groups is 1. The molecule has 0 atom stereocenters. The van der Waals surface area contributed by atoms with Crippen LogP contribution in [0, 0.1) is 0 Å². The molecule has 0 aliphatic rings. The van der Waals surface area contributed by atoms with Gasteiger partial charge in [-0.3, -0.25) is 4.79 Å². The lowest BCUT2D eigenvalue weighted by atomic mass is 10.2. The van der Waals surface area contributed by atoms with Crippen molar-refractivity contribution >= 4 is 61.1 Å². The molecule has 0 saturated heterocycles. The predicted octanol–water partition coefficient (Wildman–Crippen LogP) is 6.94. The van der Waals surface area contributed by atoms with Crippen LogP contribution in [0.15, 0.2) is 143 Å². The topological polar surface area (TPSA) is 94.8 Å². The van der Waals surface area contributed by atoms with Crippen molar-refractivity contribution in [1.82, 2.24) is 4.72 Å². The van der Waals surface area contributed by atoms with E-state index in [9.17, 15) is 13.2 Å². The third-order valence-corrected chi connectivity index (χ3v) is 14.4. The lowest BCUT2D eigenvalue weighted by Gasteiger charge is -2.27. The molecule has 5 aromatic carbocycles. The zero-order valence-electron chi connectivity index (χ0n) is 26.7. The molecule has 7 nitrogen and oxygen atoms in total. The largest absolute Gasteiger partial charge is 0.456 e. The summed E-state index contributed by atoms with van der Waals surface area (Å²) in [6.07, 6.45) is 3.77. The van der Waals surface area contributed by atoms with E-state index in [1.54, 1.807) is 6.07 Å². The number of furan rings is 1. The first kappa shape index (κ1) is 33.6. The fraction of sp³-hybridized carbons (Fsp3) is 0.205. The summed E-state index contributed by atoms with van der Waals surface area (Å²) in [4.78, 5) is 12.3. The number of hydrogen-bond acceptors (Lipinski definition) is 6. The Morgan fingerprint density at radius 1 is 0.667 bits per heavy atom. The molecule has 0 unspecified atom stereocenters. The van der Waals surface area contributed by atoms with E-state index in [1.807, 2.05) is 24.3 Å². The van der Waals surface area contributed by atoms with Gasteiger partial charge in [-0.2, -0.15) is 0 Å². The van der Waals surface area contributed by atoms with Crippen molar-refractivity contribution in [1.29, 1.82) is 0 Å². The molecule has 0 fully saturated rings. The van der Waals surface area contributed by atoms with E-state index in [-0.39, 0.29) is 24.7 Å². The molecule has 0 radical (unpaired) electrons. The standard InChI is InChI=1S/C39H39NO6PS/c41-39(25-26-40-48(42,43)34-23-24-36-35-21-11-12-22-37(35)46-38(36)29-34)45-30-44-27-13-4-14-28-47(31-15-5-1-6-16-31,32-17-7-2-8-18-32)33-19-9-3-10-20-33/h1-3,5-12,15-24,29,40H,4,13-14,25-28,30H2/q+1. The van der Waals surface area contributed by atoms with Crippen LogP contribution in [0.5, 0.6) is 0 Å². The van der Waals surface area contributed by atoms with Crippen molar-refractivity contribution in [3.05, 3.63) is 133 Å². The molecule has 0 saturated carbocycles. The Labute approximate surface area is 282 Å². The highest BCUT2D eigenvalue weighted by Gasteiger charge is 2.44.